The van der Waals surface area contributed by atoms with Gasteiger partial charge in [-0.1, -0.05) is 23.2 Å². The maximum absolute atomic E-state index is 14.1. The predicted octanol–water partition coefficient (Wildman–Crippen LogP) is 4.84. The van der Waals surface area contributed by atoms with Gasteiger partial charge in [-0.2, -0.15) is 18.3 Å². The van der Waals surface area contributed by atoms with Crippen LogP contribution in [0.4, 0.5) is 22.0 Å². The minimum Gasteiger partial charge on any atom is -0.388 e. The number of fused-ring (bicyclic) bond motifs is 1. The number of aryl methyl sites for hydroxylation is 1. The molecule has 0 bridgehead atoms. The summed E-state index contributed by atoms with van der Waals surface area (Å²) in [5, 5.41) is 33.8. The molecule has 0 radical (unpaired) electrons. The van der Waals surface area contributed by atoms with E-state index in [1.54, 1.807) is 0 Å². The van der Waals surface area contributed by atoms with Crippen molar-refractivity contribution in [1.29, 1.82) is 0 Å². The number of hydrogen-bond acceptors (Lipinski definition) is 7. The monoisotopic (exact) mass is 631 g/mol. The Labute approximate surface area is 244 Å². The number of nitrogens with zero attached hydrogens (tertiary/aromatic N) is 5. The lowest BCUT2D eigenvalue weighted by molar-refractivity contribution is -0.196. The number of rotatable bonds is 4. The normalized spacial score (nSPS) is 26.0. The summed E-state index contributed by atoms with van der Waals surface area (Å²) < 4.78 is 84.3. The van der Waals surface area contributed by atoms with E-state index in [2.05, 4.69) is 15.3 Å². The molecule has 2 aliphatic rings. The Hall–Kier alpha value is -3.14. The Balaban J connectivity index is 1.44. The van der Waals surface area contributed by atoms with Gasteiger partial charge in [0, 0.05) is 16.8 Å². The second-order valence-corrected chi connectivity index (χ2v) is 10.7. The van der Waals surface area contributed by atoms with Crippen LogP contribution in [0.15, 0.2) is 42.7 Å². The lowest BCUT2D eigenvalue weighted by Crippen LogP contribution is -2.52. The highest BCUT2D eigenvalue weighted by atomic mass is 35.5. The molecule has 9 nitrogen and oxygen atoms in total. The maximum atomic E-state index is 14.1. The number of ether oxygens (including phenoxy) is 2. The fourth-order valence-corrected chi connectivity index (χ4v) is 5.66. The van der Waals surface area contributed by atoms with E-state index in [0.717, 1.165) is 34.9 Å². The standard InChI is InChI=1S/C26H20Cl2F5N5O4/c1-10-35-36-25(38(10)17-6-13(27)2-3-14(17)26(31,32)33)24-21(40)20(23-22(42-24)18(39)9-41-23)37-8-12(7-34-37)11-4-15(29)19(28)16(30)5-11/h2-8,18,20-24,39-40H,9H2,1H3/t18?,20?,21?,22?,23-,24-/m1/s1. The predicted molar refractivity (Wildman–Crippen MR) is 137 cm³/mol. The van der Waals surface area contributed by atoms with Crippen molar-refractivity contribution in [2.45, 2.75) is 49.7 Å². The van der Waals surface area contributed by atoms with Crippen molar-refractivity contribution in [3.63, 3.8) is 0 Å². The molecule has 16 heteroatoms. The van der Waals surface area contributed by atoms with Crippen LogP contribution >= 0.6 is 23.2 Å². The zero-order chi connectivity index (χ0) is 30.1. The third-order valence-corrected chi connectivity index (χ3v) is 7.89. The lowest BCUT2D eigenvalue weighted by atomic mass is 9.91. The van der Waals surface area contributed by atoms with E-state index < -0.39 is 70.6 Å². The van der Waals surface area contributed by atoms with Crippen molar-refractivity contribution in [3.05, 3.63) is 81.6 Å². The van der Waals surface area contributed by atoms with Crippen molar-refractivity contribution in [1.82, 2.24) is 24.5 Å². The van der Waals surface area contributed by atoms with Crippen molar-refractivity contribution in [3.8, 4) is 16.8 Å². The van der Waals surface area contributed by atoms with Crippen LogP contribution in [0.5, 0.6) is 0 Å². The Morgan fingerprint density at radius 3 is 2.40 bits per heavy atom. The SMILES string of the molecule is Cc1nnc([C@@H]2OC3C(O)CO[C@@H]3C(n3cc(-c4cc(F)c(Cl)c(F)c4)cn3)C2O)n1-c1cc(Cl)ccc1C(F)(F)F. The Bertz CT molecular complexity index is 1640. The van der Waals surface area contributed by atoms with E-state index in [4.69, 9.17) is 32.7 Å². The minimum absolute atomic E-state index is 0.0128. The second-order valence-electron chi connectivity index (χ2n) is 9.93. The van der Waals surface area contributed by atoms with Gasteiger partial charge in [0.2, 0.25) is 0 Å². The number of hydrogen-bond donors (Lipinski definition) is 2. The minimum atomic E-state index is -4.77. The van der Waals surface area contributed by atoms with E-state index >= 15 is 0 Å². The molecule has 4 heterocycles. The van der Waals surface area contributed by atoms with Crippen LogP contribution in [0.2, 0.25) is 10.0 Å². The number of benzene rings is 2. The smallest absolute Gasteiger partial charge is 0.388 e. The van der Waals surface area contributed by atoms with Gasteiger partial charge in [-0.25, -0.2) is 8.78 Å². The molecule has 2 fully saturated rings. The molecular weight excluding hydrogens is 612 g/mol. The van der Waals surface area contributed by atoms with E-state index in [1.165, 1.54) is 24.0 Å². The highest BCUT2D eigenvalue weighted by molar-refractivity contribution is 6.31. The molecule has 2 aliphatic heterocycles. The summed E-state index contributed by atoms with van der Waals surface area (Å²) in [4.78, 5) is 0. The summed E-state index contributed by atoms with van der Waals surface area (Å²) in [6.45, 7) is 1.26. The summed E-state index contributed by atoms with van der Waals surface area (Å²) in [7, 11) is 0. The van der Waals surface area contributed by atoms with Gasteiger partial charge in [0.1, 0.15) is 59.0 Å². The fourth-order valence-electron chi connectivity index (χ4n) is 5.39. The number of aliphatic hydroxyl groups is 2. The van der Waals surface area contributed by atoms with Crippen LogP contribution in [-0.2, 0) is 15.7 Å². The van der Waals surface area contributed by atoms with Crippen LogP contribution in [0.25, 0.3) is 16.8 Å². The first-order valence-corrected chi connectivity index (χ1v) is 13.2. The summed E-state index contributed by atoms with van der Waals surface area (Å²) in [5.41, 5.74) is -1.04. The molecule has 0 amide bonds. The second kappa shape index (κ2) is 10.5. The Kier molecular flexibility index (Phi) is 7.27. The highest BCUT2D eigenvalue weighted by Gasteiger charge is 2.54. The van der Waals surface area contributed by atoms with Crippen molar-refractivity contribution in [2.24, 2.45) is 0 Å². The molecule has 0 saturated carbocycles. The van der Waals surface area contributed by atoms with Crippen molar-refractivity contribution in [2.75, 3.05) is 6.61 Å². The molecule has 4 unspecified atom stereocenters. The first-order valence-electron chi connectivity index (χ1n) is 12.5. The zero-order valence-electron chi connectivity index (χ0n) is 21.3. The first-order chi connectivity index (χ1) is 19.8. The topological polar surface area (TPSA) is 107 Å². The van der Waals surface area contributed by atoms with Gasteiger partial charge in [0.05, 0.1) is 24.1 Å². The van der Waals surface area contributed by atoms with Crippen LogP contribution in [0.1, 0.15) is 29.4 Å². The zero-order valence-corrected chi connectivity index (χ0v) is 22.8. The molecule has 2 N–H and O–H groups in total. The number of aromatic nitrogens is 5. The van der Waals surface area contributed by atoms with Gasteiger partial charge in [0.25, 0.3) is 0 Å². The van der Waals surface area contributed by atoms with Crippen LogP contribution < -0.4 is 0 Å². The molecule has 0 aliphatic carbocycles. The molecule has 222 valence electrons. The summed E-state index contributed by atoms with van der Waals surface area (Å²) in [6.07, 6.45) is -8.20. The van der Waals surface area contributed by atoms with E-state index in [9.17, 15) is 32.2 Å². The Morgan fingerprint density at radius 1 is 1.00 bits per heavy atom. The average Bonchev–Trinajstić information content (AvgIpc) is 3.65. The van der Waals surface area contributed by atoms with Gasteiger partial charge in [-0.15, -0.1) is 10.2 Å². The quantitative estimate of drug-likeness (QED) is 0.245. The molecule has 6 atom stereocenters. The van der Waals surface area contributed by atoms with Crippen LogP contribution in [-0.4, -0.2) is 65.8 Å². The van der Waals surface area contributed by atoms with Gasteiger partial charge >= 0.3 is 6.18 Å². The highest BCUT2D eigenvalue weighted by Crippen LogP contribution is 2.44. The van der Waals surface area contributed by atoms with Crippen LogP contribution in [0, 0.1) is 18.6 Å². The summed E-state index contributed by atoms with van der Waals surface area (Å²) >= 11 is 11.7. The fraction of sp³-hybridized carbons (Fsp3) is 0.346. The van der Waals surface area contributed by atoms with Crippen molar-refractivity contribution < 1.29 is 41.6 Å². The molecule has 2 aromatic heterocycles. The van der Waals surface area contributed by atoms with Gasteiger partial charge < -0.3 is 19.7 Å². The van der Waals surface area contributed by atoms with E-state index in [-0.39, 0.29) is 34.4 Å². The van der Waals surface area contributed by atoms with Gasteiger partial charge in [0.15, 0.2) is 5.82 Å². The van der Waals surface area contributed by atoms with Gasteiger partial charge in [-0.05, 0) is 42.8 Å². The molecule has 6 rings (SSSR count). The van der Waals surface area contributed by atoms with Crippen LogP contribution in [0.3, 0.4) is 0 Å². The molecule has 4 aromatic rings. The van der Waals surface area contributed by atoms with E-state index in [1.807, 2.05) is 0 Å². The molecule has 42 heavy (non-hydrogen) atoms. The molecule has 2 aromatic carbocycles. The Morgan fingerprint density at radius 2 is 1.71 bits per heavy atom. The largest absolute Gasteiger partial charge is 0.418 e. The maximum Gasteiger partial charge on any atom is 0.418 e. The van der Waals surface area contributed by atoms with E-state index in [0.29, 0.717) is 0 Å². The molecule has 2 saturated heterocycles. The van der Waals surface area contributed by atoms with Crippen molar-refractivity contribution >= 4 is 23.2 Å². The average molecular weight is 632 g/mol. The summed E-state index contributed by atoms with van der Waals surface area (Å²) in [5.74, 6) is -2.11. The molecule has 0 spiro atoms. The first kappa shape index (κ1) is 29.0. The lowest BCUT2D eigenvalue weighted by Gasteiger charge is -2.41. The molecular formula is C26H20Cl2F5N5O4. The third kappa shape index (κ3) is 4.85. The number of alkyl halides is 3. The number of aliphatic hydroxyl groups excluding tert-OH is 2. The summed E-state index contributed by atoms with van der Waals surface area (Å²) in [6, 6.07) is 3.97. The van der Waals surface area contributed by atoms with Gasteiger partial charge in [-0.3, -0.25) is 9.25 Å². The third-order valence-electron chi connectivity index (χ3n) is 7.30. The number of halogens is 7.